The molecule has 1 aromatic carbocycles. The van der Waals surface area contributed by atoms with Crippen molar-refractivity contribution >= 4 is 29.0 Å². The van der Waals surface area contributed by atoms with E-state index in [4.69, 9.17) is 19.6 Å². The van der Waals surface area contributed by atoms with E-state index in [1.165, 1.54) is 12.5 Å². The van der Waals surface area contributed by atoms with Gasteiger partial charge in [0.1, 0.15) is 23.4 Å². The second-order valence-corrected chi connectivity index (χ2v) is 10.3. The first-order valence-corrected chi connectivity index (χ1v) is 13.1. The van der Waals surface area contributed by atoms with Gasteiger partial charge in [-0.2, -0.15) is 13.2 Å². The smallest absolute Gasteiger partial charge is 0.471 e. The molecule has 2 fully saturated rings. The fourth-order valence-electron chi connectivity index (χ4n) is 5.48. The normalized spacial score (nSPS) is 18.2. The van der Waals surface area contributed by atoms with Gasteiger partial charge in [0.25, 0.3) is 5.91 Å². The van der Waals surface area contributed by atoms with E-state index >= 15 is 0 Å². The van der Waals surface area contributed by atoms with Gasteiger partial charge in [-0.3, -0.25) is 9.59 Å². The van der Waals surface area contributed by atoms with Gasteiger partial charge in [0.2, 0.25) is 5.89 Å². The van der Waals surface area contributed by atoms with Crippen molar-refractivity contribution in [3.8, 4) is 17.2 Å². The van der Waals surface area contributed by atoms with Crippen LogP contribution in [0.2, 0.25) is 0 Å². The Balaban J connectivity index is 1.23. The van der Waals surface area contributed by atoms with E-state index in [1.807, 2.05) is 12.1 Å². The van der Waals surface area contributed by atoms with E-state index in [0.29, 0.717) is 49.7 Å². The van der Waals surface area contributed by atoms with Crippen LogP contribution in [0.5, 0.6) is 5.75 Å². The van der Waals surface area contributed by atoms with Crippen LogP contribution < -0.4 is 20.7 Å². The van der Waals surface area contributed by atoms with Gasteiger partial charge >= 0.3 is 12.1 Å². The number of oxazole rings is 1. The van der Waals surface area contributed by atoms with Gasteiger partial charge in [0.15, 0.2) is 5.69 Å². The molecule has 2 aromatic heterocycles. The second kappa shape index (κ2) is 10.3. The molecule has 2 amide bonds. The van der Waals surface area contributed by atoms with Crippen molar-refractivity contribution in [2.45, 2.75) is 31.0 Å². The second-order valence-electron chi connectivity index (χ2n) is 10.3. The van der Waals surface area contributed by atoms with Crippen molar-refractivity contribution in [3.05, 3.63) is 48.0 Å². The summed E-state index contributed by atoms with van der Waals surface area (Å²) in [5, 5.41) is 2.95. The maximum Gasteiger partial charge on any atom is 0.471 e. The fourth-order valence-corrected chi connectivity index (χ4v) is 5.48. The van der Waals surface area contributed by atoms with Crippen LogP contribution in [0.15, 0.2) is 41.1 Å². The van der Waals surface area contributed by atoms with Crippen LogP contribution in [-0.2, 0) is 16.0 Å². The molecule has 3 N–H and O–H groups in total. The first-order chi connectivity index (χ1) is 19.6. The van der Waals surface area contributed by atoms with Crippen LogP contribution >= 0.6 is 0 Å². The summed E-state index contributed by atoms with van der Waals surface area (Å²) in [5.74, 6) is -1.19. The third-order valence-electron chi connectivity index (χ3n) is 7.59. The number of halogens is 3. The molecule has 41 heavy (non-hydrogen) atoms. The predicted octanol–water partition coefficient (Wildman–Crippen LogP) is 3.27. The number of pyridine rings is 1. The fraction of sp³-hybridized carbons (Fsp3) is 0.407. The molecule has 14 heteroatoms. The molecule has 2 saturated heterocycles. The number of ether oxygens (including phenoxy) is 2. The van der Waals surface area contributed by atoms with E-state index in [0.717, 1.165) is 16.2 Å². The molecular weight excluding hydrogens is 545 g/mol. The quantitative estimate of drug-likeness (QED) is 0.483. The van der Waals surface area contributed by atoms with Crippen molar-refractivity contribution in [3.63, 3.8) is 0 Å². The Morgan fingerprint density at radius 2 is 1.83 bits per heavy atom. The summed E-state index contributed by atoms with van der Waals surface area (Å²) in [4.78, 5) is 36.1. The lowest BCUT2D eigenvalue weighted by Crippen LogP contribution is -2.52. The summed E-state index contributed by atoms with van der Waals surface area (Å²) >= 11 is 0. The number of fused-ring (bicyclic) bond motifs is 1. The Morgan fingerprint density at radius 3 is 2.54 bits per heavy atom. The Hall–Kier alpha value is -4.33. The highest BCUT2D eigenvalue weighted by Gasteiger charge is 2.48. The number of alkyl halides is 3. The number of nitrogens with two attached hydrogens (primary N) is 1. The molecule has 6 rings (SSSR count). The highest BCUT2D eigenvalue weighted by Crippen LogP contribution is 2.46. The molecule has 0 unspecified atom stereocenters. The Morgan fingerprint density at radius 1 is 1.07 bits per heavy atom. The lowest BCUT2D eigenvalue weighted by atomic mass is 9.87. The van der Waals surface area contributed by atoms with E-state index < -0.39 is 23.6 Å². The highest BCUT2D eigenvalue weighted by atomic mass is 19.4. The standard InChI is InChI=1S/C27H27F3N6O5/c28-27(29,30)25(38)36-5-2-26(3-6-36)14-17-11-18(20(13-21(17)41-26)35-7-9-39-10-8-35)33-23(37)19-15-40-24(34-19)16-1-4-32-22(31)12-16/h1,4,11-13,15H,2-3,5-10,14H2,(H2,31,32)(H,33,37). The van der Waals surface area contributed by atoms with Crippen LogP contribution in [0, 0.1) is 0 Å². The molecule has 11 nitrogen and oxygen atoms in total. The molecule has 5 heterocycles. The minimum absolute atomic E-state index is 0.0517. The van der Waals surface area contributed by atoms with E-state index in [9.17, 15) is 22.8 Å². The zero-order valence-corrected chi connectivity index (χ0v) is 21.9. The zero-order valence-electron chi connectivity index (χ0n) is 21.9. The molecule has 0 radical (unpaired) electrons. The third kappa shape index (κ3) is 5.38. The van der Waals surface area contributed by atoms with Crippen molar-refractivity contribution < 1.29 is 36.7 Å². The van der Waals surface area contributed by atoms with Crippen molar-refractivity contribution in [1.29, 1.82) is 0 Å². The van der Waals surface area contributed by atoms with Gasteiger partial charge in [-0.1, -0.05) is 0 Å². The van der Waals surface area contributed by atoms with Crippen LogP contribution in [0.4, 0.5) is 30.4 Å². The number of aromatic nitrogens is 2. The van der Waals surface area contributed by atoms with Gasteiger partial charge in [-0.15, -0.1) is 0 Å². The Labute approximate surface area is 232 Å². The molecule has 0 aliphatic carbocycles. The van der Waals surface area contributed by atoms with Gasteiger partial charge in [0.05, 0.1) is 24.6 Å². The van der Waals surface area contributed by atoms with Crippen molar-refractivity contribution in [1.82, 2.24) is 14.9 Å². The van der Waals surface area contributed by atoms with Crippen LogP contribution in [-0.4, -0.2) is 77.9 Å². The number of nitrogens with zero attached hydrogens (tertiary/aromatic N) is 4. The van der Waals surface area contributed by atoms with Crippen molar-refractivity contribution in [2.75, 3.05) is 55.3 Å². The number of nitrogen functional groups attached to an aromatic ring is 1. The van der Waals surface area contributed by atoms with E-state index in [1.54, 1.807) is 12.1 Å². The van der Waals surface area contributed by atoms with E-state index in [2.05, 4.69) is 20.2 Å². The number of carbonyl (C=O) groups is 2. The summed E-state index contributed by atoms with van der Waals surface area (Å²) in [6.07, 6.45) is -1.16. The number of morpholine rings is 1. The number of likely N-dealkylation sites (tertiary alicyclic amines) is 1. The van der Waals surface area contributed by atoms with Gasteiger partial charge < -0.3 is 34.7 Å². The lowest BCUT2D eigenvalue weighted by Gasteiger charge is -2.38. The van der Waals surface area contributed by atoms with Crippen molar-refractivity contribution in [2.24, 2.45) is 0 Å². The maximum atomic E-state index is 13.3. The SMILES string of the molecule is Nc1cc(-c2nc(C(=O)Nc3cc4c(cc3N3CCOCC3)OC3(CCN(C(=O)C(F)(F)F)CC3)C4)co2)ccn1. The minimum Gasteiger partial charge on any atom is -0.486 e. The molecule has 0 atom stereocenters. The topological polar surface area (TPSA) is 136 Å². The molecule has 3 aliphatic rings. The summed E-state index contributed by atoms with van der Waals surface area (Å²) in [5.41, 5.74) is 7.76. The number of carbonyl (C=O) groups excluding carboxylic acids is 2. The van der Waals surface area contributed by atoms with Crippen LogP contribution in [0.25, 0.3) is 11.5 Å². The molecule has 3 aromatic rings. The number of anilines is 3. The summed E-state index contributed by atoms with van der Waals surface area (Å²) in [6.45, 7) is 2.12. The monoisotopic (exact) mass is 572 g/mol. The molecule has 0 saturated carbocycles. The Bertz CT molecular complexity index is 1480. The summed E-state index contributed by atoms with van der Waals surface area (Å²) < 4.78 is 56.1. The number of benzene rings is 1. The van der Waals surface area contributed by atoms with Crippen LogP contribution in [0.3, 0.4) is 0 Å². The number of hydrogen-bond donors (Lipinski definition) is 2. The predicted molar refractivity (Wildman–Crippen MR) is 141 cm³/mol. The maximum absolute atomic E-state index is 13.3. The largest absolute Gasteiger partial charge is 0.486 e. The first-order valence-electron chi connectivity index (χ1n) is 13.1. The molecule has 3 aliphatic heterocycles. The number of piperidine rings is 1. The summed E-state index contributed by atoms with van der Waals surface area (Å²) in [7, 11) is 0. The molecule has 0 bridgehead atoms. The number of amides is 2. The average molecular weight is 573 g/mol. The lowest BCUT2D eigenvalue weighted by molar-refractivity contribution is -0.188. The van der Waals surface area contributed by atoms with Gasteiger partial charge in [-0.25, -0.2) is 9.97 Å². The number of rotatable bonds is 4. The Kier molecular flexibility index (Phi) is 6.72. The van der Waals surface area contributed by atoms with Gasteiger partial charge in [-0.05, 0) is 18.2 Å². The minimum atomic E-state index is -4.90. The number of nitrogens with one attached hydrogen (secondary N) is 1. The summed E-state index contributed by atoms with van der Waals surface area (Å²) in [6, 6.07) is 6.95. The zero-order chi connectivity index (χ0) is 28.8. The number of hydrogen-bond acceptors (Lipinski definition) is 9. The molecular formula is C27H27F3N6O5. The van der Waals surface area contributed by atoms with Crippen LogP contribution in [0.1, 0.15) is 28.9 Å². The average Bonchev–Trinajstić information content (AvgIpc) is 3.58. The molecule has 1 spiro atoms. The third-order valence-corrected chi connectivity index (χ3v) is 7.59. The molecule has 216 valence electrons. The van der Waals surface area contributed by atoms with E-state index in [-0.39, 0.29) is 43.3 Å². The van der Waals surface area contributed by atoms with Gasteiger partial charge in [0, 0.05) is 68.8 Å². The highest BCUT2D eigenvalue weighted by molar-refractivity contribution is 6.05. The first kappa shape index (κ1) is 26.9.